The van der Waals surface area contributed by atoms with Crippen LogP contribution in [0.5, 0.6) is 0 Å². The lowest BCUT2D eigenvalue weighted by atomic mass is 10.3. The van der Waals surface area contributed by atoms with Crippen LogP contribution < -0.4 is 0 Å². The summed E-state index contributed by atoms with van der Waals surface area (Å²) in [6.07, 6.45) is 0.760. The number of rotatable bonds is 5. The molecule has 4 nitrogen and oxygen atoms in total. The second kappa shape index (κ2) is 6.97. The summed E-state index contributed by atoms with van der Waals surface area (Å²) in [5.74, 6) is 1.58. The number of hydrogen-bond acceptors (Lipinski definition) is 3. The minimum absolute atomic E-state index is 0.568. The molecule has 0 bridgehead atoms. The van der Waals surface area contributed by atoms with Gasteiger partial charge in [0.15, 0.2) is 0 Å². The van der Waals surface area contributed by atoms with Crippen molar-refractivity contribution in [3.8, 4) is 0 Å². The van der Waals surface area contributed by atoms with Crippen molar-refractivity contribution in [1.29, 1.82) is 0 Å². The second-order valence-electron chi connectivity index (χ2n) is 5.18. The quantitative estimate of drug-likeness (QED) is 0.791. The van der Waals surface area contributed by atoms with Crippen molar-refractivity contribution in [2.75, 3.05) is 38.7 Å². The van der Waals surface area contributed by atoms with Crippen molar-refractivity contribution in [2.45, 2.75) is 13.0 Å². The minimum atomic E-state index is 0.568. The summed E-state index contributed by atoms with van der Waals surface area (Å²) in [6.45, 7) is 5.48. The molecular formula is C15H19Cl2N3O. The Kier molecular flexibility index (Phi) is 5.01. The predicted octanol–water partition coefficient (Wildman–Crippen LogP) is 2.80. The molecule has 1 aromatic heterocycles. The van der Waals surface area contributed by atoms with Crippen molar-refractivity contribution in [1.82, 2.24) is 14.5 Å². The van der Waals surface area contributed by atoms with Crippen molar-refractivity contribution in [3.63, 3.8) is 0 Å². The first-order chi connectivity index (χ1) is 10.3. The third-order valence-electron chi connectivity index (χ3n) is 3.86. The maximum atomic E-state index is 6.37. The van der Waals surface area contributed by atoms with Gasteiger partial charge in [0.2, 0.25) is 0 Å². The van der Waals surface area contributed by atoms with Crippen LogP contribution in [0.25, 0.3) is 11.0 Å². The highest BCUT2D eigenvalue weighted by Crippen LogP contribution is 2.25. The number of halogens is 2. The maximum Gasteiger partial charge on any atom is 0.111 e. The largest absolute Gasteiger partial charge is 0.379 e. The van der Waals surface area contributed by atoms with Crippen molar-refractivity contribution in [3.05, 3.63) is 29.0 Å². The van der Waals surface area contributed by atoms with Crippen LogP contribution in [0.15, 0.2) is 18.2 Å². The molecule has 1 aliphatic rings. The molecular weight excluding hydrogens is 309 g/mol. The number of hydrogen-bond donors (Lipinski definition) is 0. The summed E-state index contributed by atoms with van der Waals surface area (Å²) in [4.78, 5) is 7.09. The van der Waals surface area contributed by atoms with Gasteiger partial charge in [0.25, 0.3) is 0 Å². The number of morpholine rings is 1. The first kappa shape index (κ1) is 15.1. The molecule has 1 aliphatic heterocycles. The van der Waals surface area contributed by atoms with Gasteiger partial charge in [-0.2, -0.15) is 0 Å². The SMILES string of the molecule is ClCCc1nc2cccc(Cl)c2n1CCN1CCOCC1. The average molecular weight is 328 g/mol. The molecule has 114 valence electrons. The Morgan fingerprint density at radius 1 is 1.19 bits per heavy atom. The van der Waals surface area contributed by atoms with Gasteiger partial charge >= 0.3 is 0 Å². The fourth-order valence-corrected chi connectivity index (χ4v) is 3.21. The smallest absolute Gasteiger partial charge is 0.111 e. The van der Waals surface area contributed by atoms with E-state index in [1.54, 1.807) is 0 Å². The van der Waals surface area contributed by atoms with Crippen LogP contribution in [-0.4, -0.2) is 53.2 Å². The lowest BCUT2D eigenvalue weighted by Crippen LogP contribution is -2.38. The molecule has 0 saturated carbocycles. The number of alkyl halides is 1. The van der Waals surface area contributed by atoms with E-state index in [0.717, 1.165) is 67.7 Å². The fourth-order valence-electron chi connectivity index (χ4n) is 2.77. The lowest BCUT2D eigenvalue weighted by molar-refractivity contribution is 0.0364. The van der Waals surface area contributed by atoms with Crippen LogP contribution in [0.2, 0.25) is 5.02 Å². The highest BCUT2D eigenvalue weighted by Gasteiger charge is 2.15. The highest BCUT2D eigenvalue weighted by atomic mass is 35.5. The van der Waals surface area contributed by atoms with Crippen molar-refractivity contribution < 1.29 is 4.74 Å². The van der Waals surface area contributed by atoms with Crippen LogP contribution in [0.1, 0.15) is 5.82 Å². The molecule has 0 atom stereocenters. The first-order valence-electron chi connectivity index (χ1n) is 7.29. The Bertz CT molecular complexity index is 608. The maximum absolute atomic E-state index is 6.37. The molecule has 0 unspecified atom stereocenters. The zero-order valence-electron chi connectivity index (χ0n) is 11.9. The Morgan fingerprint density at radius 2 is 2.00 bits per heavy atom. The molecule has 0 N–H and O–H groups in total. The Morgan fingerprint density at radius 3 is 2.76 bits per heavy atom. The van der Waals surface area contributed by atoms with Gasteiger partial charge in [0.1, 0.15) is 5.82 Å². The van der Waals surface area contributed by atoms with Gasteiger partial charge in [-0.3, -0.25) is 4.90 Å². The number of benzene rings is 1. The first-order valence-corrected chi connectivity index (χ1v) is 8.20. The van der Waals surface area contributed by atoms with Gasteiger partial charge in [0, 0.05) is 38.5 Å². The number of ether oxygens (including phenoxy) is 1. The lowest BCUT2D eigenvalue weighted by Gasteiger charge is -2.27. The van der Waals surface area contributed by atoms with E-state index >= 15 is 0 Å². The van der Waals surface area contributed by atoms with Gasteiger partial charge in [0.05, 0.1) is 29.3 Å². The van der Waals surface area contributed by atoms with E-state index in [-0.39, 0.29) is 0 Å². The zero-order chi connectivity index (χ0) is 14.7. The van der Waals surface area contributed by atoms with E-state index < -0.39 is 0 Å². The van der Waals surface area contributed by atoms with Crippen molar-refractivity contribution in [2.24, 2.45) is 0 Å². The monoisotopic (exact) mass is 327 g/mol. The standard InChI is InChI=1S/C15H19Cl2N3O/c16-5-4-14-18-13-3-1-2-12(17)15(13)20(14)7-6-19-8-10-21-11-9-19/h1-3H,4-11H2. The zero-order valence-corrected chi connectivity index (χ0v) is 13.4. The summed E-state index contributed by atoms with van der Waals surface area (Å²) in [7, 11) is 0. The minimum Gasteiger partial charge on any atom is -0.379 e. The normalized spacial score (nSPS) is 16.7. The van der Waals surface area contributed by atoms with E-state index in [9.17, 15) is 0 Å². The van der Waals surface area contributed by atoms with Gasteiger partial charge in [-0.25, -0.2) is 4.98 Å². The number of nitrogens with zero attached hydrogens (tertiary/aromatic N) is 3. The molecule has 1 aromatic carbocycles. The molecule has 0 aliphatic carbocycles. The van der Waals surface area contributed by atoms with Crippen LogP contribution >= 0.6 is 23.2 Å². The number of aromatic nitrogens is 2. The van der Waals surface area contributed by atoms with E-state index in [2.05, 4.69) is 14.5 Å². The molecule has 21 heavy (non-hydrogen) atoms. The van der Waals surface area contributed by atoms with Crippen LogP contribution in [0.3, 0.4) is 0 Å². The molecule has 1 fully saturated rings. The Hall–Kier alpha value is -0.810. The van der Waals surface area contributed by atoms with E-state index in [1.165, 1.54) is 0 Å². The van der Waals surface area contributed by atoms with Crippen molar-refractivity contribution >= 4 is 34.2 Å². The van der Waals surface area contributed by atoms with Gasteiger partial charge in [-0.15, -0.1) is 11.6 Å². The number of imidazole rings is 1. The van der Waals surface area contributed by atoms with Gasteiger partial charge in [-0.1, -0.05) is 17.7 Å². The van der Waals surface area contributed by atoms with Crippen LogP contribution in [0, 0.1) is 0 Å². The summed E-state index contributed by atoms with van der Waals surface area (Å²) in [5.41, 5.74) is 1.97. The molecule has 6 heteroatoms. The Labute approximate surface area is 134 Å². The molecule has 0 radical (unpaired) electrons. The van der Waals surface area contributed by atoms with E-state index in [1.807, 2.05) is 18.2 Å². The summed E-state index contributed by atoms with van der Waals surface area (Å²) < 4.78 is 7.61. The highest BCUT2D eigenvalue weighted by molar-refractivity contribution is 6.35. The fraction of sp³-hybridized carbons (Fsp3) is 0.533. The van der Waals surface area contributed by atoms with Gasteiger partial charge in [-0.05, 0) is 12.1 Å². The third-order valence-corrected chi connectivity index (χ3v) is 4.35. The molecule has 2 aromatic rings. The third kappa shape index (κ3) is 3.34. The Balaban J connectivity index is 1.85. The summed E-state index contributed by atoms with van der Waals surface area (Å²) >= 11 is 12.3. The van der Waals surface area contributed by atoms with E-state index in [0.29, 0.717) is 5.88 Å². The molecule has 3 rings (SSSR count). The molecule has 1 saturated heterocycles. The molecule has 2 heterocycles. The van der Waals surface area contributed by atoms with Crippen LogP contribution in [-0.2, 0) is 17.7 Å². The van der Waals surface area contributed by atoms with E-state index in [4.69, 9.17) is 27.9 Å². The average Bonchev–Trinajstić information content (AvgIpc) is 2.85. The summed E-state index contributed by atoms with van der Waals surface area (Å²) in [5, 5.41) is 0.753. The summed E-state index contributed by atoms with van der Waals surface area (Å²) in [6, 6.07) is 5.86. The number of aryl methyl sites for hydroxylation is 1. The van der Waals surface area contributed by atoms with Gasteiger partial charge < -0.3 is 9.30 Å². The second-order valence-corrected chi connectivity index (χ2v) is 5.97. The molecule has 0 amide bonds. The topological polar surface area (TPSA) is 30.3 Å². The predicted molar refractivity (Wildman–Crippen MR) is 86.4 cm³/mol. The van der Waals surface area contributed by atoms with Crippen LogP contribution in [0.4, 0.5) is 0 Å². The number of fused-ring (bicyclic) bond motifs is 1. The molecule has 0 spiro atoms. The number of para-hydroxylation sites is 1.